The predicted molar refractivity (Wildman–Crippen MR) is 73.8 cm³/mol. The first-order valence-electron chi connectivity index (χ1n) is 5.94. The van der Waals surface area contributed by atoms with Crippen LogP contribution in [0.2, 0.25) is 0 Å². The Morgan fingerprint density at radius 1 is 1.47 bits per heavy atom. The summed E-state index contributed by atoms with van der Waals surface area (Å²) in [4.78, 5) is 17.4. The highest BCUT2D eigenvalue weighted by Gasteiger charge is 2.15. The second kappa shape index (κ2) is 5.75. The maximum Gasteiger partial charge on any atom is 0.272 e. The summed E-state index contributed by atoms with van der Waals surface area (Å²) in [6.07, 6.45) is 2.79. The summed E-state index contributed by atoms with van der Waals surface area (Å²) < 4.78 is 0. The van der Waals surface area contributed by atoms with Crippen LogP contribution in [0, 0.1) is 0 Å². The molecule has 7 heteroatoms. The molecule has 2 aromatic heterocycles. The average Bonchev–Trinajstić information content (AvgIpc) is 2.88. The molecule has 2 rings (SSSR count). The fourth-order valence-electron chi connectivity index (χ4n) is 1.48. The molecule has 0 bridgehead atoms. The van der Waals surface area contributed by atoms with Gasteiger partial charge in [0, 0.05) is 11.1 Å². The van der Waals surface area contributed by atoms with Crippen molar-refractivity contribution >= 4 is 23.1 Å². The lowest BCUT2D eigenvalue weighted by Crippen LogP contribution is -2.27. The van der Waals surface area contributed by atoms with Crippen molar-refractivity contribution in [1.82, 2.24) is 20.5 Å². The molecule has 19 heavy (non-hydrogen) atoms. The van der Waals surface area contributed by atoms with Crippen molar-refractivity contribution in [2.75, 3.05) is 5.73 Å². The summed E-state index contributed by atoms with van der Waals surface area (Å²) in [5, 5.41) is 11.1. The van der Waals surface area contributed by atoms with E-state index in [0.717, 1.165) is 11.4 Å². The smallest absolute Gasteiger partial charge is 0.272 e. The molecular weight excluding hydrogens is 262 g/mol. The number of thiazole rings is 1. The predicted octanol–water partition coefficient (Wildman–Crippen LogP) is 1.57. The first-order valence-corrected chi connectivity index (χ1v) is 6.76. The Morgan fingerprint density at radius 2 is 2.26 bits per heavy atom. The average molecular weight is 277 g/mol. The quantitative estimate of drug-likeness (QED) is 0.884. The Kier molecular flexibility index (Phi) is 4.06. The monoisotopic (exact) mass is 277 g/mol. The van der Waals surface area contributed by atoms with Crippen molar-refractivity contribution in [3.8, 4) is 0 Å². The highest BCUT2D eigenvalue weighted by atomic mass is 32.1. The number of nitrogen functional groups attached to an aromatic ring is 1. The van der Waals surface area contributed by atoms with Crippen molar-refractivity contribution in [3.05, 3.63) is 33.9 Å². The Labute approximate surface area is 115 Å². The highest BCUT2D eigenvalue weighted by molar-refractivity contribution is 7.11. The normalized spacial score (nSPS) is 12.1. The maximum absolute atomic E-state index is 11.9. The minimum Gasteiger partial charge on any atom is -0.382 e. The number of aryl methyl sites for hydroxylation is 1. The molecule has 0 aliphatic heterocycles. The lowest BCUT2D eigenvalue weighted by molar-refractivity contribution is 0.0934. The lowest BCUT2D eigenvalue weighted by Gasteiger charge is -2.10. The zero-order chi connectivity index (χ0) is 13.8. The molecule has 1 amide bonds. The minimum absolute atomic E-state index is 0.155. The number of carbonyl (C=O) groups excluding carboxylic acids is 1. The van der Waals surface area contributed by atoms with Crippen LogP contribution in [0.25, 0.3) is 0 Å². The van der Waals surface area contributed by atoms with Gasteiger partial charge in [-0.2, -0.15) is 0 Å². The Hall–Kier alpha value is -2.02. The maximum atomic E-state index is 11.9. The summed E-state index contributed by atoms with van der Waals surface area (Å²) >= 11 is 1.60. The van der Waals surface area contributed by atoms with E-state index in [9.17, 15) is 4.79 Å². The minimum atomic E-state index is -0.284. The number of aromatic nitrogens is 3. The molecule has 1 unspecified atom stereocenters. The molecule has 3 N–H and O–H groups in total. The van der Waals surface area contributed by atoms with Gasteiger partial charge in [0.05, 0.1) is 6.04 Å². The van der Waals surface area contributed by atoms with Gasteiger partial charge in [-0.3, -0.25) is 4.79 Å². The number of amides is 1. The van der Waals surface area contributed by atoms with Crippen LogP contribution in [0.5, 0.6) is 0 Å². The number of nitrogens with one attached hydrogen (secondary N) is 1. The lowest BCUT2D eigenvalue weighted by atomic mass is 10.3. The van der Waals surface area contributed by atoms with Crippen LogP contribution in [0.15, 0.2) is 18.3 Å². The van der Waals surface area contributed by atoms with E-state index in [-0.39, 0.29) is 23.5 Å². The van der Waals surface area contributed by atoms with Crippen LogP contribution >= 0.6 is 11.3 Å². The van der Waals surface area contributed by atoms with E-state index in [4.69, 9.17) is 5.73 Å². The summed E-state index contributed by atoms with van der Waals surface area (Å²) in [6.45, 7) is 3.96. The molecule has 2 heterocycles. The van der Waals surface area contributed by atoms with E-state index in [1.54, 1.807) is 23.5 Å². The zero-order valence-corrected chi connectivity index (χ0v) is 11.6. The number of anilines is 1. The van der Waals surface area contributed by atoms with Gasteiger partial charge < -0.3 is 11.1 Å². The number of nitrogens with zero attached hydrogens (tertiary/aromatic N) is 3. The van der Waals surface area contributed by atoms with E-state index in [0.29, 0.717) is 0 Å². The van der Waals surface area contributed by atoms with Crippen LogP contribution in [-0.4, -0.2) is 21.1 Å². The number of rotatable bonds is 4. The van der Waals surface area contributed by atoms with Crippen LogP contribution in [0.4, 0.5) is 5.82 Å². The molecule has 100 valence electrons. The largest absolute Gasteiger partial charge is 0.382 e. The topological polar surface area (TPSA) is 93.8 Å². The molecular formula is C12H15N5OS. The molecule has 0 aromatic carbocycles. The van der Waals surface area contributed by atoms with Crippen molar-refractivity contribution < 1.29 is 4.79 Å². The van der Waals surface area contributed by atoms with E-state index in [1.165, 1.54) is 4.88 Å². The molecule has 0 aliphatic rings. The molecule has 0 aliphatic carbocycles. The Morgan fingerprint density at radius 3 is 2.84 bits per heavy atom. The first kappa shape index (κ1) is 13.4. The van der Waals surface area contributed by atoms with Gasteiger partial charge in [-0.15, -0.1) is 21.5 Å². The third-order valence-electron chi connectivity index (χ3n) is 2.56. The molecule has 0 saturated heterocycles. The van der Waals surface area contributed by atoms with Gasteiger partial charge in [-0.25, -0.2) is 4.98 Å². The summed E-state index contributed by atoms with van der Waals surface area (Å²) in [5.74, 6) is 0.00496. The van der Waals surface area contributed by atoms with E-state index in [1.807, 2.05) is 13.1 Å². The van der Waals surface area contributed by atoms with Gasteiger partial charge in [0.1, 0.15) is 10.8 Å². The van der Waals surface area contributed by atoms with Crippen molar-refractivity contribution in [1.29, 1.82) is 0 Å². The summed E-state index contributed by atoms with van der Waals surface area (Å²) in [7, 11) is 0. The van der Waals surface area contributed by atoms with Crippen LogP contribution in [0.1, 0.15) is 40.3 Å². The second-order valence-electron chi connectivity index (χ2n) is 4.06. The van der Waals surface area contributed by atoms with Gasteiger partial charge in [0.2, 0.25) is 0 Å². The van der Waals surface area contributed by atoms with Gasteiger partial charge in [0.25, 0.3) is 5.91 Å². The molecule has 0 spiro atoms. The van der Waals surface area contributed by atoms with E-state index >= 15 is 0 Å². The van der Waals surface area contributed by atoms with Gasteiger partial charge in [-0.05, 0) is 25.5 Å². The number of hydrogen-bond donors (Lipinski definition) is 2. The number of hydrogen-bond acceptors (Lipinski definition) is 6. The molecule has 2 aromatic rings. The van der Waals surface area contributed by atoms with Crippen molar-refractivity contribution in [2.24, 2.45) is 0 Å². The van der Waals surface area contributed by atoms with Crippen LogP contribution < -0.4 is 11.1 Å². The third kappa shape index (κ3) is 3.25. The van der Waals surface area contributed by atoms with Crippen LogP contribution in [-0.2, 0) is 6.42 Å². The van der Waals surface area contributed by atoms with E-state index in [2.05, 4.69) is 27.4 Å². The molecule has 0 saturated carbocycles. The Bertz CT molecular complexity index is 566. The van der Waals surface area contributed by atoms with Crippen LogP contribution in [0.3, 0.4) is 0 Å². The van der Waals surface area contributed by atoms with E-state index < -0.39 is 0 Å². The number of nitrogens with two attached hydrogens (primary N) is 1. The molecule has 1 atom stereocenters. The summed E-state index contributed by atoms with van der Waals surface area (Å²) in [5.41, 5.74) is 5.67. The highest BCUT2D eigenvalue weighted by Crippen LogP contribution is 2.20. The van der Waals surface area contributed by atoms with Gasteiger partial charge in [0.15, 0.2) is 5.69 Å². The SMILES string of the molecule is CCc1cnc(C(C)NC(=O)c2ccc(N)nn2)s1. The zero-order valence-electron chi connectivity index (χ0n) is 10.8. The van der Waals surface area contributed by atoms with Gasteiger partial charge in [-0.1, -0.05) is 6.92 Å². The summed E-state index contributed by atoms with van der Waals surface area (Å²) in [6, 6.07) is 2.94. The molecule has 6 nitrogen and oxygen atoms in total. The second-order valence-corrected chi connectivity index (χ2v) is 5.20. The fourth-order valence-corrected chi connectivity index (χ4v) is 2.34. The molecule has 0 fully saturated rings. The Balaban J connectivity index is 2.04. The first-order chi connectivity index (χ1) is 9.10. The standard InChI is InChI=1S/C12H15N5OS/c1-3-8-6-14-12(19-8)7(2)15-11(18)9-4-5-10(13)17-16-9/h4-7H,3H2,1-2H3,(H2,13,17)(H,15,18). The fraction of sp³-hybridized carbons (Fsp3) is 0.333. The van der Waals surface area contributed by atoms with Gasteiger partial charge >= 0.3 is 0 Å². The van der Waals surface area contributed by atoms with Crippen molar-refractivity contribution in [3.63, 3.8) is 0 Å². The molecule has 0 radical (unpaired) electrons. The van der Waals surface area contributed by atoms with Crippen molar-refractivity contribution in [2.45, 2.75) is 26.3 Å². The number of carbonyl (C=O) groups is 1. The third-order valence-corrected chi connectivity index (χ3v) is 3.88.